The minimum atomic E-state index is -0.285. The van der Waals surface area contributed by atoms with E-state index in [0.717, 1.165) is 44.3 Å². The summed E-state index contributed by atoms with van der Waals surface area (Å²) in [4.78, 5) is 21.6. The summed E-state index contributed by atoms with van der Waals surface area (Å²) < 4.78 is 23.6. The van der Waals surface area contributed by atoms with Crippen LogP contribution in [0.3, 0.4) is 0 Å². The van der Waals surface area contributed by atoms with Crippen molar-refractivity contribution in [3.63, 3.8) is 0 Å². The van der Waals surface area contributed by atoms with Crippen molar-refractivity contribution in [2.24, 2.45) is 5.41 Å². The maximum absolute atomic E-state index is 13.1. The number of nitrogens with one attached hydrogen (secondary N) is 1. The van der Waals surface area contributed by atoms with Crippen molar-refractivity contribution < 1.29 is 18.7 Å². The van der Waals surface area contributed by atoms with E-state index in [-0.39, 0.29) is 23.3 Å². The van der Waals surface area contributed by atoms with Gasteiger partial charge in [0.25, 0.3) is 0 Å². The molecule has 5 rings (SSSR count). The Kier molecular flexibility index (Phi) is 6.96. The summed E-state index contributed by atoms with van der Waals surface area (Å²) in [6, 6.07) is 8.24. The molecule has 1 heterocycles. The predicted molar refractivity (Wildman–Crippen MR) is 124 cm³/mol. The van der Waals surface area contributed by atoms with Gasteiger partial charge in [0.15, 0.2) is 0 Å². The third kappa shape index (κ3) is 4.87. The number of fused-ring (bicyclic) bond motifs is 3. The number of methoxy groups -OCH3 is 1. The van der Waals surface area contributed by atoms with E-state index in [0.29, 0.717) is 36.4 Å². The molecule has 2 bridgehead atoms. The fourth-order valence-corrected chi connectivity index (χ4v) is 5.18. The van der Waals surface area contributed by atoms with Gasteiger partial charge in [-0.3, -0.25) is 9.78 Å². The second-order valence-corrected chi connectivity index (χ2v) is 9.23. The average molecular weight is 454 g/mol. The lowest BCUT2D eigenvalue weighted by Gasteiger charge is -2.52. The lowest BCUT2D eigenvalue weighted by Crippen LogP contribution is -2.51. The van der Waals surface area contributed by atoms with Crippen molar-refractivity contribution in [2.45, 2.75) is 63.8 Å². The minimum Gasteiger partial charge on any atom is -0.489 e. The van der Waals surface area contributed by atoms with E-state index in [1.165, 1.54) is 5.56 Å². The number of halogens is 1. The van der Waals surface area contributed by atoms with Gasteiger partial charge >= 0.3 is 0 Å². The summed E-state index contributed by atoms with van der Waals surface area (Å²) in [5.74, 6) is 1.32. The molecule has 3 aliphatic rings. The monoisotopic (exact) mass is 453 g/mol. The zero-order chi connectivity index (χ0) is 23.3. The quantitative estimate of drug-likeness (QED) is 0.576. The van der Waals surface area contributed by atoms with Gasteiger partial charge in [0.1, 0.15) is 12.4 Å². The molecule has 0 saturated heterocycles. The lowest BCUT2D eigenvalue weighted by atomic mass is 9.51. The van der Waals surface area contributed by atoms with E-state index in [1.807, 2.05) is 19.1 Å². The summed E-state index contributed by atoms with van der Waals surface area (Å²) in [7, 11) is 1.55. The van der Waals surface area contributed by atoms with Crippen LogP contribution in [0.25, 0.3) is 0 Å². The van der Waals surface area contributed by atoms with E-state index in [9.17, 15) is 9.18 Å². The normalized spacial score (nSPS) is 24.4. The molecular weight excluding hydrogens is 421 g/mol. The molecular formula is C26H32FN3O3. The molecule has 3 aliphatic carbocycles. The smallest absolute Gasteiger partial charge is 0.232 e. The topological polar surface area (TPSA) is 73.3 Å². The van der Waals surface area contributed by atoms with E-state index < -0.39 is 0 Å². The molecule has 1 aromatic heterocycles. The highest BCUT2D eigenvalue weighted by molar-refractivity contribution is 5.83. The van der Waals surface area contributed by atoms with Crippen molar-refractivity contribution in [1.82, 2.24) is 15.3 Å². The number of hydrogen-bond donors (Lipinski definition) is 1. The summed E-state index contributed by atoms with van der Waals surface area (Å²) >= 11 is 0. The summed E-state index contributed by atoms with van der Waals surface area (Å²) in [5.41, 5.74) is 2.49. The number of aromatic nitrogens is 2. The van der Waals surface area contributed by atoms with Crippen molar-refractivity contribution in [1.29, 1.82) is 0 Å². The van der Waals surface area contributed by atoms with E-state index in [2.05, 4.69) is 27.4 Å². The summed E-state index contributed by atoms with van der Waals surface area (Å²) in [6.07, 6.45) is 10.2. The molecule has 1 aromatic carbocycles. The van der Waals surface area contributed by atoms with Gasteiger partial charge in [-0.05, 0) is 73.6 Å². The zero-order valence-electron chi connectivity index (χ0n) is 19.4. The molecule has 6 nitrogen and oxygen atoms in total. The number of benzene rings is 1. The Hall–Kier alpha value is -2.96. The van der Waals surface area contributed by atoms with Crippen LogP contribution >= 0.6 is 0 Å². The highest BCUT2D eigenvalue weighted by Crippen LogP contribution is 2.57. The molecule has 0 spiro atoms. The van der Waals surface area contributed by atoms with Crippen LogP contribution in [0.1, 0.15) is 63.1 Å². The van der Waals surface area contributed by atoms with Crippen molar-refractivity contribution in [3.8, 4) is 11.6 Å². The molecule has 0 unspecified atom stereocenters. The first-order chi connectivity index (χ1) is 16.0. The Morgan fingerprint density at radius 2 is 1.82 bits per heavy atom. The molecule has 176 valence electrons. The first-order valence-electron chi connectivity index (χ1n) is 11.7. The third-order valence-electron chi connectivity index (χ3n) is 7.53. The van der Waals surface area contributed by atoms with Gasteiger partial charge in [-0.25, -0.2) is 9.37 Å². The second kappa shape index (κ2) is 9.89. The molecule has 33 heavy (non-hydrogen) atoms. The number of carbonyl (C=O) groups is 1. The second-order valence-electron chi connectivity index (χ2n) is 9.23. The Labute approximate surface area is 194 Å². The predicted octanol–water partition coefficient (Wildman–Crippen LogP) is 5.04. The first kappa shape index (κ1) is 23.2. The number of ether oxygens (including phenoxy) is 2. The summed E-state index contributed by atoms with van der Waals surface area (Å²) in [5, 5.41) is 3.08. The SMILES string of the molecule is CC/C(=C\F)COc1ccc(C23CCC(C(=O)NCc4cncc(OC)n4)(CC2)CC3)cc1. The fraction of sp³-hybridized carbons (Fsp3) is 0.500. The van der Waals surface area contributed by atoms with Gasteiger partial charge in [0, 0.05) is 5.41 Å². The summed E-state index contributed by atoms with van der Waals surface area (Å²) in [6.45, 7) is 2.54. The van der Waals surface area contributed by atoms with E-state index in [4.69, 9.17) is 9.47 Å². The molecule has 7 heteroatoms. The molecule has 0 atom stereocenters. The molecule has 0 radical (unpaired) electrons. The van der Waals surface area contributed by atoms with Crippen LogP contribution in [-0.2, 0) is 16.8 Å². The van der Waals surface area contributed by atoms with E-state index in [1.54, 1.807) is 19.5 Å². The van der Waals surface area contributed by atoms with Crippen LogP contribution in [0.2, 0.25) is 0 Å². The van der Waals surface area contributed by atoms with Gasteiger partial charge in [-0.15, -0.1) is 0 Å². The van der Waals surface area contributed by atoms with Gasteiger partial charge in [0.05, 0.1) is 38.1 Å². The largest absolute Gasteiger partial charge is 0.489 e. The van der Waals surface area contributed by atoms with Crippen LogP contribution in [0.5, 0.6) is 11.6 Å². The standard InChI is InChI=1S/C26H32FN3O3/c1-3-19(14-27)18-33-22-6-4-20(5-7-22)25-8-11-26(12-9-25,13-10-25)24(31)29-16-21-15-28-17-23(30-21)32-2/h4-7,14-15,17H,3,8-13,16,18H2,1-2H3,(H,29,31)/b19-14+. The molecule has 1 amide bonds. The number of nitrogens with zero attached hydrogens (tertiary/aromatic N) is 2. The van der Waals surface area contributed by atoms with Crippen LogP contribution in [0.15, 0.2) is 48.6 Å². The van der Waals surface area contributed by atoms with Crippen molar-refractivity contribution in [2.75, 3.05) is 13.7 Å². The Morgan fingerprint density at radius 3 is 2.42 bits per heavy atom. The number of carbonyl (C=O) groups excluding carboxylic acids is 1. The van der Waals surface area contributed by atoms with Gasteiger partial charge in [-0.1, -0.05) is 19.1 Å². The maximum Gasteiger partial charge on any atom is 0.232 e. The van der Waals surface area contributed by atoms with Crippen LogP contribution in [0, 0.1) is 5.41 Å². The Balaban J connectivity index is 1.34. The Bertz CT molecular complexity index is 982. The molecule has 1 N–H and O–H groups in total. The first-order valence-corrected chi connectivity index (χ1v) is 11.7. The molecule has 3 fully saturated rings. The van der Waals surface area contributed by atoms with Crippen LogP contribution < -0.4 is 14.8 Å². The van der Waals surface area contributed by atoms with Crippen molar-refractivity contribution >= 4 is 5.91 Å². The van der Waals surface area contributed by atoms with Crippen LogP contribution in [-0.4, -0.2) is 29.6 Å². The van der Waals surface area contributed by atoms with Gasteiger partial charge < -0.3 is 14.8 Å². The minimum absolute atomic E-state index is 0.122. The Morgan fingerprint density at radius 1 is 1.12 bits per heavy atom. The number of amides is 1. The molecule has 2 aromatic rings. The van der Waals surface area contributed by atoms with Crippen LogP contribution in [0.4, 0.5) is 4.39 Å². The number of hydrogen-bond acceptors (Lipinski definition) is 5. The fourth-order valence-electron chi connectivity index (χ4n) is 5.18. The van der Waals surface area contributed by atoms with Crippen molar-refractivity contribution in [3.05, 3.63) is 59.8 Å². The third-order valence-corrected chi connectivity index (χ3v) is 7.53. The highest BCUT2D eigenvalue weighted by Gasteiger charge is 2.52. The lowest BCUT2D eigenvalue weighted by molar-refractivity contribution is -0.138. The van der Waals surface area contributed by atoms with Gasteiger partial charge in [0.2, 0.25) is 11.8 Å². The molecule has 0 aliphatic heterocycles. The zero-order valence-corrected chi connectivity index (χ0v) is 19.4. The van der Waals surface area contributed by atoms with E-state index >= 15 is 0 Å². The highest BCUT2D eigenvalue weighted by atomic mass is 19.1. The number of rotatable bonds is 9. The average Bonchev–Trinajstić information content (AvgIpc) is 2.89. The maximum atomic E-state index is 13.1. The van der Waals surface area contributed by atoms with Gasteiger partial charge in [-0.2, -0.15) is 0 Å². The molecule has 3 saturated carbocycles.